The fourth-order valence-electron chi connectivity index (χ4n) is 1.69. The van der Waals surface area contributed by atoms with Crippen molar-refractivity contribution in [2.45, 2.75) is 13.3 Å². The van der Waals surface area contributed by atoms with Crippen LogP contribution in [0.2, 0.25) is 0 Å². The molecule has 0 aliphatic carbocycles. The molecule has 0 bridgehead atoms. The first-order valence-corrected chi connectivity index (χ1v) is 6.37. The standard InChI is InChI=1S/C15H22N2O2/c1-5-12(15(18)19-4)9-10-16-13-7-6-8-14(11-13)17(2)3/h6-9,11,16H,5,10H2,1-4H3/b12-9-. The van der Waals surface area contributed by atoms with Crippen LogP contribution >= 0.6 is 0 Å². The van der Waals surface area contributed by atoms with Crippen molar-refractivity contribution in [3.05, 3.63) is 35.9 Å². The third kappa shape index (κ3) is 4.66. The second-order valence-corrected chi connectivity index (χ2v) is 4.40. The molecule has 0 aromatic heterocycles. The lowest BCUT2D eigenvalue weighted by Crippen LogP contribution is -2.10. The maximum Gasteiger partial charge on any atom is 0.333 e. The zero-order valence-corrected chi connectivity index (χ0v) is 12.1. The van der Waals surface area contributed by atoms with Crippen LogP contribution in [0.3, 0.4) is 0 Å². The van der Waals surface area contributed by atoms with Gasteiger partial charge in [-0.25, -0.2) is 4.79 Å². The predicted molar refractivity (Wildman–Crippen MR) is 79.6 cm³/mol. The molecule has 1 rings (SSSR count). The van der Waals surface area contributed by atoms with Gasteiger partial charge in [0, 0.05) is 37.6 Å². The Morgan fingerprint density at radius 2 is 2.16 bits per heavy atom. The molecular weight excluding hydrogens is 240 g/mol. The maximum absolute atomic E-state index is 11.4. The maximum atomic E-state index is 11.4. The van der Waals surface area contributed by atoms with Gasteiger partial charge in [0.15, 0.2) is 0 Å². The smallest absolute Gasteiger partial charge is 0.333 e. The van der Waals surface area contributed by atoms with E-state index in [2.05, 4.69) is 11.4 Å². The Morgan fingerprint density at radius 1 is 1.42 bits per heavy atom. The topological polar surface area (TPSA) is 41.6 Å². The van der Waals surface area contributed by atoms with Gasteiger partial charge in [-0.1, -0.05) is 19.1 Å². The molecule has 0 fully saturated rings. The van der Waals surface area contributed by atoms with E-state index < -0.39 is 0 Å². The first-order valence-electron chi connectivity index (χ1n) is 6.37. The van der Waals surface area contributed by atoms with Gasteiger partial charge >= 0.3 is 5.97 Å². The number of nitrogens with one attached hydrogen (secondary N) is 1. The molecule has 0 aliphatic rings. The first kappa shape index (κ1) is 15.1. The van der Waals surface area contributed by atoms with Gasteiger partial charge in [-0.2, -0.15) is 0 Å². The van der Waals surface area contributed by atoms with Gasteiger partial charge in [0.1, 0.15) is 0 Å². The van der Waals surface area contributed by atoms with Crippen molar-refractivity contribution in [2.75, 3.05) is 38.0 Å². The highest BCUT2D eigenvalue weighted by atomic mass is 16.5. The number of hydrogen-bond donors (Lipinski definition) is 1. The van der Waals surface area contributed by atoms with Crippen LogP contribution in [0.1, 0.15) is 13.3 Å². The van der Waals surface area contributed by atoms with Crippen molar-refractivity contribution in [2.24, 2.45) is 0 Å². The largest absolute Gasteiger partial charge is 0.466 e. The number of carbonyl (C=O) groups is 1. The van der Waals surface area contributed by atoms with Crippen LogP contribution in [-0.4, -0.2) is 33.7 Å². The van der Waals surface area contributed by atoms with E-state index in [1.165, 1.54) is 7.11 Å². The van der Waals surface area contributed by atoms with E-state index in [0.717, 1.165) is 11.4 Å². The molecule has 0 amide bonds. The van der Waals surface area contributed by atoms with E-state index in [-0.39, 0.29) is 5.97 Å². The molecule has 0 saturated heterocycles. The van der Waals surface area contributed by atoms with Gasteiger partial charge in [-0.05, 0) is 24.6 Å². The van der Waals surface area contributed by atoms with Crippen molar-refractivity contribution >= 4 is 17.3 Å². The van der Waals surface area contributed by atoms with Crippen LogP contribution in [0.25, 0.3) is 0 Å². The molecule has 1 N–H and O–H groups in total. The number of ether oxygens (including phenoxy) is 1. The highest BCUT2D eigenvalue weighted by molar-refractivity contribution is 5.88. The molecule has 0 heterocycles. The van der Waals surface area contributed by atoms with E-state index in [9.17, 15) is 4.79 Å². The molecule has 0 unspecified atom stereocenters. The first-order chi connectivity index (χ1) is 9.08. The summed E-state index contributed by atoms with van der Waals surface area (Å²) in [5.41, 5.74) is 2.86. The van der Waals surface area contributed by atoms with Crippen molar-refractivity contribution in [3.63, 3.8) is 0 Å². The Kier molecular flexibility index (Phi) is 5.93. The molecule has 4 heteroatoms. The molecule has 0 spiro atoms. The summed E-state index contributed by atoms with van der Waals surface area (Å²) in [6, 6.07) is 8.12. The van der Waals surface area contributed by atoms with Crippen LogP contribution in [0.4, 0.5) is 11.4 Å². The summed E-state index contributed by atoms with van der Waals surface area (Å²) in [6.07, 6.45) is 2.54. The summed E-state index contributed by atoms with van der Waals surface area (Å²) in [6.45, 7) is 2.55. The fraction of sp³-hybridized carbons (Fsp3) is 0.400. The number of methoxy groups -OCH3 is 1. The lowest BCUT2D eigenvalue weighted by molar-refractivity contribution is -0.136. The minimum absolute atomic E-state index is 0.258. The summed E-state index contributed by atoms with van der Waals surface area (Å²) in [4.78, 5) is 13.5. The lowest BCUT2D eigenvalue weighted by Gasteiger charge is -2.14. The summed E-state index contributed by atoms with van der Waals surface area (Å²) in [5, 5.41) is 3.27. The second-order valence-electron chi connectivity index (χ2n) is 4.40. The SMILES string of the molecule is CC/C(=C/CNc1cccc(N(C)C)c1)C(=O)OC. The van der Waals surface area contributed by atoms with Crippen LogP contribution in [0.15, 0.2) is 35.9 Å². The minimum Gasteiger partial charge on any atom is -0.466 e. The lowest BCUT2D eigenvalue weighted by atomic mass is 10.2. The molecule has 104 valence electrons. The van der Waals surface area contributed by atoms with E-state index in [4.69, 9.17) is 4.74 Å². The van der Waals surface area contributed by atoms with Crippen molar-refractivity contribution in [3.8, 4) is 0 Å². The number of hydrogen-bond acceptors (Lipinski definition) is 4. The van der Waals surface area contributed by atoms with E-state index in [1.54, 1.807) is 0 Å². The molecule has 1 aromatic rings. The minimum atomic E-state index is -0.258. The fourth-order valence-corrected chi connectivity index (χ4v) is 1.69. The molecule has 4 nitrogen and oxygen atoms in total. The summed E-state index contributed by atoms with van der Waals surface area (Å²) < 4.78 is 4.71. The second kappa shape index (κ2) is 7.46. The number of esters is 1. The van der Waals surface area contributed by atoms with Crippen LogP contribution in [0.5, 0.6) is 0 Å². The van der Waals surface area contributed by atoms with Gasteiger partial charge in [0.05, 0.1) is 7.11 Å². The highest BCUT2D eigenvalue weighted by Gasteiger charge is 2.05. The van der Waals surface area contributed by atoms with Crippen molar-refractivity contribution in [1.82, 2.24) is 0 Å². The molecule has 19 heavy (non-hydrogen) atoms. The zero-order chi connectivity index (χ0) is 14.3. The number of anilines is 2. The highest BCUT2D eigenvalue weighted by Crippen LogP contribution is 2.17. The third-order valence-electron chi connectivity index (χ3n) is 2.85. The molecule has 0 atom stereocenters. The van der Waals surface area contributed by atoms with E-state index in [1.807, 2.05) is 50.2 Å². The Morgan fingerprint density at radius 3 is 2.74 bits per heavy atom. The van der Waals surface area contributed by atoms with Crippen LogP contribution in [0, 0.1) is 0 Å². The van der Waals surface area contributed by atoms with Gasteiger partial charge in [-0.15, -0.1) is 0 Å². The van der Waals surface area contributed by atoms with Gasteiger partial charge < -0.3 is 15.0 Å². The average molecular weight is 262 g/mol. The molecule has 0 aliphatic heterocycles. The van der Waals surface area contributed by atoms with Crippen molar-refractivity contribution < 1.29 is 9.53 Å². The van der Waals surface area contributed by atoms with Gasteiger partial charge in [0.25, 0.3) is 0 Å². The monoisotopic (exact) mass is 262 g/mol. The Labute approximate surface area is 115 Å². The number of benzene rings is 1. The van der Waals surface area contributed by atoms with Crippen LogP contribution in [-0.2, 0) is 9.53 Å². The number of carbonyl (C=O) groups excluding carboxylic acids is 1. The van der Waals surface area contributed by atoms with Crippen LogP contribution < -0.4 is 10.2 Å². The average Bonchev–Trinajstić information content (AvgIpc) is 2.43. The van der Waals surface area contributed by atoms with Gasteiger partial charge in [0.2, 0.25) is 0 Å². The normalized spacial score (nSPS) is 11.1. The van der Waals surface area contributed by atoms with Crippen molar-refractivity contribution in [1.29, 1.82) is 0 Å². The predicted octanol–water partition coefficient (Wildman–Crippen LogP) is 2.67. The number of nitrogens with zero attached hydrogens (tertiary/aromatic N) is 1. The van der Waals surface area contributed by atoms with E-state index >= 15 is 0 Å². The van der Waals surface area contributed by atoms with E-state index in [0.29, 0.717) is 18.5 Å². The summed E-state index contributed by atoms with van der Waals surface area (Å²) in [5.74, 6) is -0.258. The summed E-state index contributed by atoms with van der Waals surface area (Å²) >= 11 is 0. The quantitative estimate of drug-likeness (QED) is 0.632. The van der Waals surface area contributed by atoms with Gasteiger partial charge in [-0.3, -0.25) is 0 Å². The molecular formula is C15H22N2O2. The molecule has 0 saturated carbocycles. The molecule has 0 radical (unpaired) electrons. The third-order valence-corrected chi connectivity index (χ3v) is 2.85. The number of rotatable bonds is 6. The Bertz CT molecular complexity index is 453. The Balaban J connectivity index is 2.64. The molecule has 1 aromatic carbocycles. The Hall–Kier alpha value is -1.97. The summed E-state index contributed by atoms with van der Waals surface area (Å²) in [7, 11) is 5.41. The zero-order valence-electron chi connectivity index (χ0n) is 12.1.